The lowest BCUT2D eigenvalue weighted by Gasteiger charge is -2.15. The summed E-state index contributed by atoms with van der Waals surface area (Å²) in [6, 6.07) is 6.47. The predicted molar refractivity (Wildman–Crippen MR) is 86.6 cm³/mol. The third-order valence-electron chi connectivity index (χ3n) is 3.63. The number of aliphatic carboxylic acids is 1. The lowest BCUT2D eigenvalue weighted by molar-refractivity contribution is -0.136. The number of hydrogen-bond donors (Lipinski definition) is 2. The van der Waals surface area contributed by atoms with Crippen molar-refractivity contribution in [1.82, 2.24) is 10.2 Å². The van der Waals surface area contributed by atoms with E-state index in [1.165, 1.54) is 6.92 Å². The number of carbonyl (C=O) groups excluding carboxylic acids is 3. The Labute approximate surface area is 141 Å². The summed E-state index contributed by atoms with van der Waals surface area (Å²) in [5, 5.41) is 11.2. The number of anilines is 1. The molecule has 2 N–H and O–H groups in total. The van der Waals surface area contributed by atoms with Crippen LogP contribution in [0.3, 0.4) is 0 Å². The molecule has 1 aromatic carbocycles. The molecule has 1 aromatic rings. The second-order valence-corrected chi connectivity index (χ2v) is 5.53. The summed E-state index contributed by atoms with van der Waals surface area (Å²) < 4.78 is 0. The van der Waals surface area contributed by atoms with Crippen LogP contribution in [-0.2, 0) is 19.2 Å². The van der Waals surface area contributed by atoms with E-state index in [0.29, 0.717) is 11.3 Å². The number of nitrogens with one attached hydrogen (secondary N) is 1. The maximum Gasteiger partial charge on any atom is 0.323 e. The molecule has 2 aliphatic rings. The normalized spacial score (nSPS) is 19.6. The molecule has 0 radical (unpaired) electrons. The molecule has 8 nitrogen and oxygen atoms in total. The number of carbonyl (C=O) groups is 4. The van der Waals surface area contributed by atoms with Gasteiger partial charge in [0.2, 0.25) is 5.91 Å². The Morgan fingerprint density at radius 1 is 1.25 bits per heavy atom. The molecule has 3 rings (SSSR count). The molecule has 0 spiro atoms. The third kappa shape index (κ3) is 2.26. The first-order valence-corrected chi connectivity index (χ1v) is 7.27. The Morgan fingerprint density at radius 2 is 1.92 bits per heavy atom. The highest BCUT2D eigenvalue weighted by molar-refractivity contribution is 7.80. The Balaban J connectivity index is 2.26. The minimum absolute atomic E-state index is 0.0422. The highest BCUT2D eigenvalue weighted by Crippen LogP contribution is 2.39. The standard InChI is InChI=1S/C15H11N3O5S/c1-7(19)18-12(13(22)16-15(18)24)11-8-4-2-3-5-9(8)17(14(11)23)6-10(20)21/h2-5H,6H2,1H3,(H,20,21)(H,16,22,24). The van der Waals surface area contributed by atoms with Gasteiger partial charge in [-0.2, -0.15) is 0 Å². The molecule has 2 heterocycles. The SMILES string of the molecule is CC(=O)N1C(=S)NC(=O)C1=C1C(=O)N(CC(=O)O)c2ccccc21. The molecule has 3 amide bonds. The fraction of sp³-hybridized carbons (Fsp3) is 0.133. The maximum absolute atomic E-state index is 12.7. The molecule has 122 valence electrons. The van der Waals surface area contributed by atoms with Crippen molar-refractivity contribution in [2.75, 3.05) is 11.4 Å². The van der Waals surface area contributed by atoms with Gasteiger partial charge < -0.3 is 5.11 Å². The lowest BCUT2D eigenvalue weighted by atomic mass is 10.0. The molecule has 0 aliphatic carbocycles. The summed E-state index contributed by atoms with van der Waals surface area (Å²) in [6.45, 7) is 0.659. The average Bonchev–Trinajstić information content (AvgIpc) is 2.93. The molecule has 0 atom stereocenters. The fourth-order valence-corrected chi connectivity index (χ4v) is 3.05. The average molecular weight is 345 g/mol. The summed E-state index contributed by atoms with van der Waals surface area (Å²) in [4.78, 5) is 49.9. The van der Waals surface area contributed by atoms with Crippen molar-refractivity contribution in [2.45, 2.75) is 6.92 Å². The number of nitrogens with zero attached hydrogens (tertiary/aromatic N) is 2. The summed E-state index contributed by atoms with van der Waals surface area (Å²) in [5.74, 6) is -3.06. The van der Waals surface area contributed by atoms with Crippen molar-refractivity contribution in [3.8, 4) is 0 Å². The van der Waals surface area contributed by atoms with Crippen molar-refractivity contribution in [1.29, 1.82) is 0 Å². The summed E-state index contributed by atoms with van der Waals surface area (Å²) in [5.41, 5.74) is 0.517. The van der Waals surface area contributed by atoms with E-state index in [2.05, 4.69) is 5.32 Å². The van der Waals surface area contributed by atoms with Gasteiger partial charge in [-0.15, -0.1) is 0 Å². The highest BCUT2D eigenvalue weighted by atomic mass is 32.1. The van der Waals surface area contributed by atoms with Gasteiger partial charge >= 0.3 is 5.97 Å². The Kier molecular flexibility index (Phi) is 3.64. The summed E-state index contributed by atoms with van der Waals surface area (Å²) in [7, 11) is 0. The van der Waals surface area contributed by atoms with E-state index in [1.54, 1.807) is 24.3 Å². The van der Waals surface area contributed by atoms with Crippen LogP contribution in [0.5, 0.6) is 0 Å². The summed E-state index contributed by atoms with van der Waals surface area (Å²) in [6.07, 6.45) is 0. The van der Waals surface area contributed by atoms with Crippen LogP contribution < -0.4 is 10.2 Å². The Morgan fingerprint density at radius 3 is 2.54 bits per heavy atom. The molecule has 0 bridgehead atoms. The van der Waals surface area contributed by atoms with Gasteiger partial charge in [0.05, 0.1) is 11.3 Å². The van der Waals surface area contributed by atoms with Gasteiger partial charge in [-0.3, -0.25) is 34.3 Å². The van der Waals surface area contributed by atoms with Gasteiger partial charge in [0, 0.05) is 12.5 Å². The van der Waals surface area contributed by atoms with E-state index in [4.69, 9.17) is 17.3 Å². The molecule has 1 saturated heterocycles. The Bertz CT molecular complexity index is 860. The first kappa shape index (κ1) is 15.8. The number of amides is 3. The van der Waals surface area contributed by atoms with Gasteiger partial charge in [0.1, 0.15) is 12.2 Å². The van der Waals surface area contributed by atoms with Crippen molar-refractivity contribution >= 4 is 52.3 Å². The van der Waals surface area contributed by atoms with Gasteiger partial charge in [0.15, 0.2) is 5.11 Å². The number of rotatable bonds is 2. The highest BCUT2D eigenvalue weighted by Gasteiger charge is 2.43. The first-order valence-electron chi connectivity index (χ1n) is 6.86. The van der Waals surface area contributed by atoms with E-state index >= 15 is 0 Å². The molecule has 1 fully saturated rings. The molecule has 0 aromatic heterocycles. The molecule has 24 heavy (non-hydrogen) atoms. The molecule has 0 unspecified atom stereocenters. The molecule has 0 saturated carbocycles. The van der Waals surface area contributed by atoms with Gasteiger partial charge in [-0.25, -0.2) is 0 Å². The topological polar surface area (TPSA) is 107 Å². The number of fused-ring (bicyclic) bond motifs is 1. The van der Waals surface area contributed by atoms with Crippen LogP contribution in [0.2, 0.25) is 0 Å². The van der Waals surface area contributed by atoms with Crippen molar-refractivity contribution in [2.24, 2.45) is 0 Å². The number of para-hydroxylation sites is 1. The van der Waals surface area contributed by atoms with Crippen LogP contribution in [0.4, 0.5) is 5.69 Å². The second-order valence-electron chi connectivity index (χ2n) is 5.14. The van der Waals surface area contributed by atoms with Crippen LogP contribution in [0, 0.1) is 0 Å². The minimum Gasteiger partial charge on any atom is -0.480 e. The summed E-state index contributed by atoms with van der Waals surface area (Å²) >= 11 is 4.96. The van der Waals surface area contributed by atoms with Crippen molar-refractivity contribution in [3.63, 3.8) is 0 Å². The smallest absolute Gasteiger partial charge is 0.323 e. The van der Waals surface area contributed by atoms with E-state index < -0.39 is 30.2 Å². The van der Waals surface area contributed by atoms with Crippen LogP contribution in [0.1, 0.15) is 12.5 Å². The lowest BCUT2D eigenvalue weighted by Crippen LogP contribution is -2.34. The largest absolute Gasteiger partial charge is 0.480 e. The Hall–Kier alpha value is -3.07. The molecule has 2 aliphatic heterocycles. The molecular formula is C15H11N3O5S. The van der Waals surface area contributed by atoms with E-state index in [9.17, 15) is 19.2 Å². The fourth-order valence-electron chi connectivity index (χ4n) is 2.74. The number of carboxylic acids is 1. The van der Waals surface area contributed by atoms with Crippen LogP contribution in [0.15, 0.2) is 30.0 Å². The van der Waals surface area contributed by atoms with E-state index in [-0.39, 0.29) is 16.4 Å². The maximum atomic E-state index is 12.7. The zero-order chi connectivity index (χ0) is 17.6. The number of carboxylic acid groups (broad SMARTS) is 1. The zero-order valence-electron chi connectivity index (χ0n) is 12.4. The van der Waals surface area contributed by atoms with Crippen LogP contribution in [0.25, 0.3) is 5.57 Å². The number of thiocarbonyl (C=S) groups is 1. The predicted octanol–water partition coefficient (Wildman–Crippen LogP) is 0.0921. The van der Waals surface area contributed by atoms with Crippen molar-refractivity contribution < 1.29 is 24.3 Å². The van der Waals surface area contributed by atoms with Gasteiger partial charge in [0.25, 0.3) is 11.8 Å². The molecule has 9 heteroatoms. The van der Waals surface area contributed by atoms with Crippen molar-refractivity contribution in [3.05, 3.63) is 35.5 Å². The van der Waals surface area contributed by atoms with Gasteiger partial charge in [-0.1, -0.05) is 18.2 Å². The quantitative estimate of drug-likeness (QED) is 0.581. The first-order chi connectivity index (χ1) is 11.3. The van der Waals surface area contributed by atoms with Crippen LogP contribution >= 0.6 is 12.2 Å². The minimum atomic E-state index is -1.20. The third-order valence-corrected chi connectivity index (χ3v) is 3.92. The molecular weight excluding hydrogens is 334 g/mol. The number of benzene rings is 1. The van der Waals surface area contributed by atoms with E-state index in [1.807, 2.05) is 0 Å². The zero-order valence-corrected chi connectivity index (χ0v) is 13.2. The second kappa shape index (κ2) is 5.53. The number of hydrogen-bond acceptors (Lipinski definition) is 5. The monoisotopic (exact) mass is 345 g/mol. The van der Waals surface area contributed by atoms with Gasteiger partial charge in [-0.05, 0) is 18.3 Å². The van der Waals surface area contributed by atoms with E-state index in [0.717, 1.165) is 9.80 Å². The van der Waals surface area contributed by atoms with Crippen LogP contribution in [-0.4, -0.2) is 45.4 Å².